The largest absolute Gasteiger partial charge is 0.438 e. The molecular weight excluding hydrogens is 254 g/mol. The summed E-state index contributed by atoms with van der Waals surface area (Å²) < 4.78 is 5.06. The van der Waals surface area contributed by atoms with Crippen molar-refractivity contribution in [3.8, 4) is 11.8 Å². The van der Waals surface area contributed by atoms with Crippen molar-refractivity contribution in [1.29, 1.82) is 0 Å². The van der Waals surface area contributed by atoms with Crippen LogP contribution in [0.5, 0.6) is 0 Å². The van der Waals surface area contributed by atoms with Gasteiger partial charge in [-0.2, -0.15) is 0 Å². The molecule has 0 atom stereocenters. The minimum Gasteiger partial charge on any atom is -0.438 e. The lowest BCUT2D eigenvalue weighted by atomic mass is 10.1. The minimum absolute atomic E-state index is 0.219. The molecular formula is C15H15N3O2. The van der Waals surface area contributed by atoms with E-state index in [-0.39, 0.29) is 11.7 Å². The highest BCUT2D eigenvalue weighted by Gasteiger charge is 2.14. The highest BCUT2D eigenvalue weighted by Crippen LogP contribution is 2.18. The topological polar surface area (TPSA) is 81.1 Å². The zero-order valence-electron chi connectivity index (χ0n) is 11.4. The molecule has 2 rings (SSSR count). The van der Waals surface area contributed by atoms with Gasteiger partial charge in [0.25, 0.3) is 5.91 Å². The third kappa shape index (κ3) is 3.05. The molecule has 5 nitrogen and oxygen atoms in total. The number of carbonyl (C=O) groups is 1. The van der Waals surface area contributed by atoms with E-state index in [1.165, 1.54) is 6.39 Å². The summed E-state index contributed by atoms with van der Waals surface area (Å²) in [6.45, 7) is 3.94. The fraction of sp³-hybridized carbons (Fsp3) is 0.200. The fourth-order valence-electron chi connectivity index (χ4n) is 1.73. The monoisotopic (exact) mass is 269 g/mol. The maximum absolute atomic E-state index is 12.0. The van der Waals surface area contributed by atoms with E-state index in [0.717, 1.165) is 11.1 Å². The third-order valence-electron chi connectivity index (χ3n) is 2.76. The second-order valence-corrected chi connectivity index (χ2v) is 4.26. The van der Waals surface area contributed by atoms with Gasteiger partial charge in [-0.15, -0.1) is 0 Å². The van der Waals surface area contributed by atoms with E-state index >= 15 is 0 Å². The predicted octanol–water partition coefficient (Wildman–Crippen LogP) is 1.85. The van der Waals surface area contributed by atoms with E-state index in [1.807, 2.05) is 19.1 Å². The number of benzene rings is 1. The van der Waals surface area contributed by atoms with Gasteiger partial charge >= 0.3 is 0 Å². The van der Waals surface area contributed by atoms with Gasteiger partial charge in [0.1, 0.15) is 0 Å². The zero-order chi connectivity index (χ0) is 14.5. The van der Waals surface area contributed by atoms with E-state index in [2.05, 4.69) is 22.1 Å². The van der Waals surface area contributed by atoms with Gasteiger partial charge in [-0.05, 0) is 37.6 Å². The zero-order valence-corrected chi connectivity index (χ0v) is 11.4. The normalized spacial score (nSPS) is 9.75. The highest BCUT2D eigenvalue weighted by atomic mass is 16.3. The number of amides is 1. The average Bonchev–Trinajstić information content (AvgIpc) is 2.85. The summed E-state index contributed by atoms with van der Waals surface area (Å²) in [7, 11) is 0. The Balaban J connectivity index is 2.18. The second-order valence-electron chi connectivity index (χ2n) is 4.26. The third-order valence-corrected chi connectivity index (χ3v) is 2.76. The molecule has 0 spiro atoms. The lowest BCUT2D eigenvalue weighted by molar-refractivity contribution is 0.0996. The molecule has 1 amide bonds. The van der Waals surface area contributed by atoms with Gasteiger partial charge in [0, 0.05) is 11.3 Å². The molecule has 0 bridgehead atoms. The first kappa shape index (κ1) is 13.8. The van der Waals surface area contributed by atoms with Crippen LogP contribution in [-0.4, -0.2) is 17.4 Å². The summed E-state index contributed by atoms with van der Waals surface area (Å²) in [6, 6.07) is 5.53. The van der Waals surface area contributed by atoms with Gasteiger partial charge in [-0.1, -0.05) is 11.8 Å². The van der Waals surface area contributed by atoms with Gasteiger partial charge in [0.2, 0.25) is 5.76 Å². The molecule has 1 aromatic carbocycles. The van der Waals surface area contributed by atoms with E-state index in [1.54, 1.807) is 13.0 Å². The molecule has 102 valence electrons. The van der Waals surface area contributed by atoms with Crippen LogP contribution in [0.15, 0.2) is 29.0 Å². The molecule has 0 aliphatic carbocycles. The van der Waals surface area contributed by atoms with Crippen LogP contribution in [0.3, 0.4) is 0 Å². The van der Waals surface area contributed by atoms with E-state index in [4.69, 9.17) is 10.2 Å². The summed E-state index contributed by atoms with van der Waals surface area (Å²) in [4.78, 5) is 15.9. The van der Waals surface area contributed by atoms with Crippen LogP contribution >= 0.6 is 0 Å². The summed E-state index contributed by atoms with van der Waals surface area (Å²) in [5, 5.41) is 2.79. The van der Waals surface area contributed by atoms with Gasteiger partial charge in [0.05, 0.1) is 12.2 Å². The Morgan fingerprint density at radius 2 is 2.25 bits per heavy atom. The van der Waals surface area contributed by atoms with Crippen molar-refractivity contribution in [2.75, 3.05) is 11.9 Å². The summed E-state index contributed by atoms with van der Waals surface area (Å²) in [5.41, 5.74) is 8.38. The quantitative estimate of drug-likeness (QED) is 0.815. The van der Waals surface area contributed by atoms with E-state index in [0.29, 0.717) is 17.9 Å². The van der Waals surface area contributed by atoms with Gasteiger partial charge in [0.15, 0.2) is 6.39 Å². The van der Waals surface area contributed by atoms with Crippen molar-refractivity contribution in [2.45, 2.75) is 13.8 Å². The summed E-state index contributed by atoms with van der Waals surface area (Å²) >= 11 is 0. The molecule has 1 aromatic heterocycles. The summed E-state index contributed by atoms with van der Waals surface area (Å²) in [5.74, 6) is 5.64. The molecule has 20 heavy (non-hydrogen) atoms. The average molecular weight is 269 g/mol. The predicted molar refractivity (Wildman–Crippen MR) is 76.3 cm³/mol. The number of hydrogen-bond donors (Lipinski definition) is 2. The number of aryl methyl sites for hydroxylation is 2. The van der Waals surface area contributed by atoms with Gasteiger partial charge in [-0.25, -0.2) is 4.98 Å². The first-order valence-electron chi connectivity index (χ1n) is 6.13. The SMILES string of the molecule is Cc1cc(C#CCN)ccc1NC(=O)c1ocnc1C. The number of aromatic nitrogens is 1. The molecule has 0 saturated carbocycles. The molecule has 5 heteroatoms. The number of nitrogens with two attached hydrogens (primary N) is 1. The number of nitrogens with zero attached hydrogens (tertiary/aromatic N) is 1. The van der Waals surface area contributed by atoms with Crippen molar-refractivity contribution in [3.63, 3.8) is 0 Å². The van der Waals surface area contributed by atoms with Crippen molar-refractivity contribution < 1.29 is 9.21 Å². The van der Waals surface area contributed by atoms with Crippen LogP contribution in [0.25, 0.3) is 0 Å². The number of carbonyl (C=O) groups excluding carboxylic acids is 1. The van der Waals surface area contributed by atoms with Crippen LogP contribution in [0.1, 0.15) is 27.4 Å². The fourth-order valence-corrected chi connectivity index (χ4v) is 1.73. The molecule has 0 aliphatic rings. The first-order valence-corrected chi connectivity index (χ1v) is 6.13. The molecule has 1 heterocycles. The highest BCUT2D eigenvalue weighted by molar-refractivity contribution is 6.03. The number of nitrogens with one attached hydrogen (secondary N) is 1. The Bertz CT molecular complexity index is 693. The van der Waals surface area contributed by atoms with Crippen LogP contribution in [0.2, 0.25) is 0 Å². The Hall–Kier alpha value is -2.58. The van der Waals surface area contributed by atoms with Crippen LogP contribution < -0.4 is 11.1 Å². The smallest absolute Gasteiger partial charge is 0.293 e. The van der Waals surface area contributed by atoms with Crippen molar-refractivity contribution in [2.24, 2.45) is 5.73 Å². The van der Waals surface area contributed by atoms with Gasteiger partial charge in [-0.3, -0.25) is 4.79 Å². The molecule has 0 unspecified atom stereocenters. The molecule has 0 fully saturated rings. The van der Waals surface area contributed by atoms with Crippen molar-refractivity contribution >= 4 is 11.6 Å². The van der Waals surface area contributed by atoms with Crippen molar-refractivity contribution in [3.05, 3.63) is 47.2 Å². The Labute approximate surface area is 117 Å². The maximum atomic E-state index is 12.0. The van der Waals surface area contributed by atoms with Gasteiger partial charge < -0.3 is 15.5 Å². The molecule has 0 radical (unpaired) electrons. The van der Waals surface area contributed by atoms with Crippen LogP contribution in [0, 0.1) is 25.7 Å². The molecule has 3 N–H and O–H groups in total. The second kappa shape index (κ2) is 6.04. The van der Waals surface area contributed by atoms with E-state index in [9.17, 15) is 4.79 Å². The molecule has 0 aliphatic heterocycles. The van der Waals surface area contributed by atoms with Crippen molar-refractivity contribution in [1.82, 2.24) is 4.98 Å². The number of rotatable bonds is 2. The van der Waals surface area contributed by atoms with E-state index < -0.39 is 0 Å². The maximum Gasteiger partial charge on any atom is 0.293 e. The Morgan fingerprint density at radius 3 is 2.85 bits per heavy atom. The molecule has 2 aromatic rings. The standard InChI is InChI=1S/C15H15N3O2/c1-10-8-12(4-3-7-16)5-6-13(10)18-15(19)14-11(2)17-9-20-14/h5-6,8-9H,7,16H2,1-2H3,(H,18,19). The minimum atomic E-state index is -0.316. The first-order chi connectivity index (χ1) is 9.61. The van der Waals surface area contributed by atoms with Crippen LogP contribution in [0.4, 0.5) is 5.69 Å². The lowest BCUT2D eigenvalue weighted by Crippen LogP contribution is -2.13. The van der Waals surface area contributed by atoms with Crippen LogP contribution in [-0.2, 0) is 0 Å². The molecule has 0 saturated heterocycles. The Morgan fingerprint density at radius 1 is 1.45 bits per heavy atom. The summed E-state index contributed by atoms with van der Waals surface area (Å²) in [6.07, 6.45) is 1.25. The number of hydrogen-bond acceptors (Lipinski definition) is 4. The number of oxazole rings is 1. The number of anilines is 1. The lowest BCUT2D eigenvalue weighted by Gasteiger charge is -2.07. The Kier molecular flexibility index (Phi) is 4.18.